The van der Waals surface area contributed by atoms with Crippen molar-refractivity contribution in [2.45, 2.75) is 0 Å². The van der Waals surface area contributed by atoms with Crippen molar-refractivity contribution in [1.29, 1.82) is 0 Å². The molecule has 0 radical (unpaired) electrons. The molecule has 20 heavy (non-hydrogen) atoms. The normalized spacial score (nSPS) is 10.7. The van der Waals surface area contributed by atoms with E-state index in [-0.39, 0.29) is 5.56 Å². The Kier molecular flexibility index (Phi) is 3.15. The summed E-state index contributed by atoms with van der Waals surface area (Å²) < 4.78 is 5.83. The van der Waals surface area contributed by atoms with Crippen LogP contribution in [-0.4, -0.2) is 16.1 Å². The second kappa shape index (κ2) is 4.97. The number of rotatable bonds is 3. The van der Waals surface area contributed by atoms with Gasteiger partial charge in [-0.25, -0.2) is 9.78 Å². The summed E-state index contributed by atoms with van der Waals surface area (Å²) in [6.45, 7) is 0. The molecule has 2 heterocycles. The zero-order valence-corrected chi connectivity index (χ0v) is 11.7. The first-order valence-corrected chi connectivity index (χ1v) is 6.56. The molecule has 100 valence electrons. The minimum atomic E-state index is -0.991. The molecular formula is C14H9BrN2O3. The van der Waals surface area contributed by atoms with Crippen LogP contribution in [0, 0.1) is 0 Å². The number of pyridine rings is 1. The molecule has 0 aliphatic carbocycles. The molecule has 1 aromatic carbocycles. The van der Waals surface area contributed by atoms with Crippen molar-refractivity contribution in [3.05, 3.63) is 52.8 Å². The van der Waals surface area contributed by atoms with Gasteiger partial charge >= 0.3 is 5.97 Å². The highest BCUT2D eigenvalue weighted by Gasteiger charge is 2.10. The monoisotopic (exact) mass is 332 g/mol. The Morgan fingerprint density at radius 2 is 2.15 bits per heavy atom. The van der Waals surface area contributed by atoms with Crippen LogP contribution in [0.3, 0.4) is 0 Å². The van der Waals surface area contributed by atoms with E-state index in [2.05, 4.69) is 26.2 Å². The topological polar surface area (TPSA) is 75.4 Å². The number of halogens is 1. The van der Waals surface area contributed by atoms with Crippen molar-refractivity contribution in [3.8, 4) is 0 Å². The molecule has 0 unspecified atom stereocenters. The zero-order valence-electron chi connectivity index (χ0n) is 10.1. The summed E-state index contributed by atoms with van der Waals surface area (Å²) in [6.07, 6.45) is 3.22. The number of aromatic nitrogens is 1. The second-order valence-corrected chi connectivity index (χ2v) is 4.97. The molecule has 6 heteroatoms. The number of nitrogens with zero attached hydrogens (tertiary/aromatic N) is 1. The summed E-state index contributed by atoms with van der Waals surface area (Å²) in [5, 5.41) is 13.0. The highest BCUT2D eigenvalue weighted by molar-refractivity contribution is 9.10. The summed E-state index contributed by atoms with van der Waals surface area (Å²) in [7, 11) is 0. The molecule has 0 saturated heterocycles. The fourth-order valence-electron chi connectivity index (χ4n) is 1.90. The van der Waals surface area contributed by atoms with Crippen LogP contribution in [0.1, 0.15) is 10.4 Å². The highest BCUT2D eigenvalue weighted by atomic mass is 79.9. The fourth-order valence-corrected chi connectivity index (χ4v) is 2.31. The average molecular weight is 333 g/mol. The molecule has 0 fully saturated rings. The van der Waals surface area contributed by atoms with Gasteiger partial charge in [0.15, 0.2) is 0 Å². The SMILES string of the molecule is O=C(O)c1cc(Nc2nccc3occc23)ccc1Br. The van der Waals surface area contributed by atoms with Crippen LogP contribution in [0.25, 0.3) is 11.0 Å². The molecule has 0 bridgehead atoms. The molecule has 3 aromatic rings. The van der Waals surface area contributed by atoms with Crippen LogP contribution in [-0.2, 0) is 0 Å². The molecule has 2 aromatic heterocycles. The quantitative estimate of drug-likeness (QED) is 0.757. The Labute approximate surface area is 122 Å². The predicted molar refractivity (Wildman–Crippen MR) is 78.4 cm³/mol. The van der Waals surface area contributed by atoms with E-state index in [9.17, 15) is 4.79 Å². The average Bonchev–Trinajstić information content (AvgIpc) is 2.90. The van der Waals surface area contributed by atoms with Crippen molar-refractivity contribution < 1.29 is 14.3 Å². The van der Waals surface area contributed by atoms with Crippen molar-refractivity contribution in [2.75, 3.05) is 5.32 Å². The Morgan fingerprint density at radius 3 is 2.95 bits per heavy atom. The number of anilines is 2. The molecule has 0 aliphatic heterocycles. The summed E-state index contributed by atoms with van der Waals surface area (Å²) >= 11 is 3.21. The maximum absolute atomic E-state index is 11.1. The summed E-state index contributed by atoms with van der Waals surface area (Å²) in [4.78, 5) is 15.4. The largest absolute Gasteiger partial charge is 0.478 e. The Balaban J connectivity index is 2.01. The van der Waals surface area contributed by atoms with Gasteiger partial charge in [0.2, 0.25) is 0 Å². The third-order valence-corrected chi connectivity index (χ3v) is 3.53. The zero-order chi connectivity index (χ0) is 14.1. The van der Waals surface area contributed by atoms with Gasteiger partial charge in [0.25, 0.3) is 0 Å². The smallest absolute Gasteiger partial charge is 0.336 e. The highest BCUT2D eigenvalue weighted by Crippen LogP contribution is 2.27. The van der Waals surface area contributed by atoms with Gasteiger partial charge in [-0.3, -0.25) is 0 Å². The van der Waals surface area contributed by atoms with Gasteiger partial charge in [0, 0.05) is 16.4 Å². The number of carbonyl (C=O) groups is 1. The third kappa shape index (κ3) is 2.25. The summed E-state index contributed by atoms with van der Waals surface area (Å²) in [5.41, 5.74) is 1.55. The van der Waals surface area contributed by atoms with E-state index in [0.29, 0.717) is 16.0 Å². The maximum Gasteiger partial charge on any atom is 0.336 e. The number of aromatic carboxylic acids is 1. The first-order chi connectivity index (χ1) is 9.65. The van der Waals surface area contributed by atoms with E-state index in [1.807, 2.05) is 6.07 Å². The second-order valence-electron chi connectivity index (χ2n) is 4.12. The van der Waals surface area contributed by atoms with Gasteiger partial charge in [-0.2, -0.15) is 0 Å². The lowest BCUT2D eigenvalue weighted by Gasteiger charge is -2.08. The van der Waals surface area contributed by atoms with E-state index < -0.39 is 5.97 Å². The molecule has 0 atom stereocenters. The Bertz CT molecular complexity index is 798. The number of hydrogen-bond acceptors (Lipinski definition) is 4. The Hall–Kier alpha value is -2.34. The predicted octanol–water partition coefficient (Wildman–Crippen LogP) is 4.03. The van der Waals surface area contributed by atoms with Gasteiger partial charge in [0.05, 0.1) is 17.2 Å². The van der Waals surface area contributed by atoms with Crippen LogP contribution in [0.5, 0.6) is 0 Å². The van der Waals surface area contributed by atoms with Crippen LogP contribution in [0.4, 0.5) is 11.5 Å². The number of carboxylic acid groups (broad SMARTS) is 1. The third-order valence-electron chi connectivity index (χ3n) is 2.84. The molecule has 3 rings (SSSR count). The van der Waals surface area contributed by atoms with Crippen LogP contribution in [0.15, 0.2) is 51.7 Å². The number of benzene rings is 1. The molecule has 0 saturated carbocycles. The molecule has 0 aliphatic rings. The van der Waals surface area contributed by atoms with Gasteiger partial charge < -0.3 is 14.8 Å². The molecule has 0 amide bonds. The lowest BCUT2D eigenvalue weighted by atomic mass is 10.2. The number of hydrogen-bond donors (Lipinski definition) is 2. The standard InChI is InChI=1S/C14H9BrN2O3/c15-11-2-1-8(7-10(11)14(18)19)17-13-9-4-6-20-12(9)3-5-16-13/h1-7H,(H,16,17)(H,18,19). The van der Waals surface area contributed by atoms with Crippen LogP contribution >= 0.6 is 15.9 Å². The van der Waals surface area contributed by atoms with Crippen LogP contribution in [0.2, 0.25) is 0 Å². The number of nitrogens with one attached hydrogen (secondary N) is 1. The van der Waals surface area contributed by atoms with E-state index in [1.54, 1.807) is 36.7 Å². The maximum atomic E-state index is 11.1. The number of carboxylic acids is 1. The van der Waals surface area contributed by atoms with Gasteiger partial charge in [-0.05, 0) is 46.3 Å². The van der Waals surface area contributed by atoms with E-state index in [4.69, 9.17) is 9.52 Å². The molecule has 2 N–H and O–H groups in total. The van der Waals surface area contributed by atoms with Crippen LogP contribution < -0.4 is 5.32 Å². The lowest BCUT2D eigenvalue weighted by Crippen LogP contribution is -2.00. The van der Waals surface area contributed by atoms with Gasteiger partial charge in [-0.1, -0.05) is 0 Å². The Morgan fingerprint density at radius 1 is 1.30 bits per heavy atom. The van der Waals surface area contributed by atoms with Crippen molar-refractivity contribution in [1.82, 2.24) is 4.98 Å². The van der Waals surface area contributed by atoms with Crippen molar-refractivity contribution >= 4 is 44.4 Å². The number of fused-ring (bicyclic) bond motifs is 1. The van der Waals surface area contributed by atoms with E-state index >= 15 is 0 Å². The van der Waals surface area contributed by atoms with Crippen molar-refractivity contribution in [2.24, 2.45) is 0 Å². The summed E-state index contributed by atoms with van der Waals surface area (Å²) in [5.74, 6) is -0.370. The molecule has 0 spiro atoms. The van der Waals surface area contributed by atoms with Gasteiger partial charge in [-0.15, -0.1) is 0 Å². The minimum absolute atomic E-state index is 0.189. The molecular weight excluding hydrogens is 324 g/mol. The fraction of sp³-hybridized carbons (Fsp3) is 0. The summed E-state index contributed by atoms with van der Waals surface area (Å²) in [6, 6.07) is 8.58. The van der Waals surface area contributed by atoms with E-state index in [1.165, 1.54) is 0 Å². The van der Waals surface area contributed by atoms with Crippen molar-refractivity contribution in [3.63, 3.8) is 0 Å². The minimum Gasteiger partial charge on any atom is -0.478 e. The lowest BCUT2D eigenvalue weighted by molar-refractivity contribution is 0.0696. The first-order valence-electron chi connectivity index (χ1n) is 5.77. The first kappa shape index (κ1) is 12.7. The molecule has 5 nitrogen and oxygen atoms in total. The number of furan rings is 1. The van der Waals surface area contributed by atoms with E-state index in [0.717, 1.165) is 11.0 Å². The van der Waals surface area contributed by atoms with Gasteiger partial charge in [0.1, 0.15) is 11.4 Å².